The Morgan fingerprint density at radius 1 is 1.37 bits per heavy atom. The van der Waals surface area contributed by atoms with Crippen molar-refractivity contribution in [3.05, 3.63) is 12.3 Å². The third-order valence-electron chi connectivity index (χ3n) is 2.55. The molecule has 0 unspecified atom stereocenters. The van der Waals surface area contributed by atoms with E-state index in [-0.39, 0.29) is 5.41 Å². The van der Waals surface area contributed by atoms with E-state index in [1.165, 1.54) is 0 Å². The Balaban J connectivity index is 2.52. The Kier molecular flexibility index (Phi) is 6.02. The van der Waals surface area contributed by atoms with Crippen molar-refractivity contribution in [3.8, 4) is 5.88 Å². The first-order valence-corrected chi connectivity index (χ1v) is 6.77. The monoisotopic (exact) mass is 266 g/mol. The normalized spacial score (nSPS) is 11.7. The van der Waals surface area contributed by atoms with Crippen molar-refractivity contribution in [1.82, 2.24) is 14.9 Å². The number of ether oxygens (including phenoxy) is 1. The van der Waals surface area contributed by atoms with Crippen molar-refractivity contribution >= 4 is 5.95 Å². The summed E-state index contributed by atoms with van der Waals surface area (Å²) in [6, 6.07) is 1.78. The van der Waals surface area contributed by atoms with Crippen LogP contribution in [0.25, 0.3) is 0 Å². The smallest absolute Gasteiger partial charge is 0.225 e. The zero-order valence-corrected chi connectivity index (χ0v) is 12.7. The van der Waals surface area contributed by atoms with Gasteiger partial charge < -0.3 is 15.0 Å². The molecule has 1 heterocycles. The zero-order valence-electron chi connectivity index (χ0n) is 12.7. The minimum absolute atomic E-state index is 0.160. The second-order valence-corrected chi connectivity index (χ2v) is 5.82. The summed E-state index contributed by atoms with van der Waals surface area (Å²) in [7, 11) is 4.16. The second kappa shape index (κ2) is 7.28. The topological polar surface area (TPSA) is 50.3 Å². The summed E-state index contributed by atoms with van der Waals surface area (Å²) in [5, 5.41) is 3.28. The van der Waals surface area contributed by atoms with Crippen molar-refractivity contribution < 1.29 is 4.74 Å². The predicted octanol–water partition coefficient (Wildman–Crippen LogP) is 2.27. The Labute approximate surface area is 116 Å². The first-order chi connectivity index (χ1) is 8.93. The fraction of sp³-hybridized carbons (Fsp3) is 0.714. The lowest BCUT2D eigenvalue weighted by atomic mass is 9.93. The zero-order chi connectivity index (χ0) is 14.3. The van der Waals surface area contributed by atoms with E-state index in [1.54, 1.807) is 12.3 Å². The molecule has 108 valence electrons. The Bertz CT molecular complexity index is 379. The molecule has 0 aliphatic rings. The number of nitrogens with one attached hydrogen (secondary N) is 1. The summed E-state index contributed by atoms with van der Waals surface area (Å²) in [4.78, 5) is 10.7. The molecule has 0 atom stereocenters. The van der Waals surface area contributed by atoms with Gasteiger partial charge in [0.2, 0.25) is 11.8 Å². The molecule has 1 aromatic heterocycles. The van der Waals surface area contributed by atoms with Crippen LogP contribution in [0.4, 0.5) is 5.95 Å². The van der Waals surface area contributed by atoms with Gasteiger partial charge in [-0.15, -0.1) is 0 Å². The molecule has 5 heteroatoms. The van der Waals surface area contributed by atoms with E-state index < -0.39 is 0 Å². The fourth-order valence-corrected chi connectivity index (χ4v) is 1.94. The standard InChI is InChI=1S/C14H26N4O/c1-6-9-19-12-7-8-15-13(17-12)16-10-14(2,3)11-18(4)5/h7-8H,6,9-11H2,1-5H3,(H,15,16,17). The maximum atomic E-state index is 5.49. The number of anilines is 1. The molecule has 0 aliphatic heterocycles. The molecule has 0 bridgehead atoms. The molecular formula is C14H26N4O. The van der Waals surface area contributed by atoms with Crippen molar-refractivity contribution in [2.45, 2.75) is 27.2 Å². The molecule has 0 radical (unpaired) electrons. The summed E-state index contributed by atoms with van der Waals surface area (Å²) in [6.07, 6.45) is 2.70. The van der Waals surface area contributed by atoms with E-state index in [1.807, 2.05) is 0 Å². The molecule has 0 saturated heterocycles. The number of rotatable bonds is 8. The van der Waals surface area contributed by atoms with Gasteiger partial charge in [-0.25, -0.2) is 4.98 Å². The summed E-state index contributed by atoms with van der Waals surface area (Å²) in [6.45, 7) is 9.02. The quantitative estimate of drug-likeness (QED) is 0.782. The highest BCUT2D eigenvalue weighted by molar-refractivity contribution is 5.27. The first-order valence-electron chi connectivity index (χ1n) is 6.77. The number of nitrogens with zero attached hydrogens (tertiary/aromatic N) is 3. The van der Waals surface area contributed by atoms with E-state index in [0.717, 1.165) is 19.5 Å². The Hall–Kier alpha value is -1.36. The van der Waals surface area contributed by atoms with Gasteiger partial charge in [-0.05, 0) is 25.9 Å². The summed E-state index contributed by atoms with van der Waals surface area (Å²) in [5.41, 5.74) is 0.160. The van der Waals surface area contributed by atoms with Crippen LogP contribution in [0.3, 0.4) is 0 Å². The predicted molar refractivity (Wildman–Crippen MR) is 78.6 cm³/mol. The molecule has 0 spiro atoms. The average molecular weight is 266 g/mol. The van der Waals surface area contributed by atoms with Crippen LogP contribution in [-0.4, -0.2) is 48.7 Å². The van der Waals surface area contributed by atoms with Gasteiger partial charge in [0.15, 0.2) is 0 Å². The summed E-state index contributed by atoms with van der Waals surface area (Å²) in [5.74, 6) is 1.25. The van der Waals surface area contributed by atoms with Crippen LogP contribution < -0.4 is 10.1 Å². The lowest BCUT2D eigenvalue weighted by Crippen LogP contribution is -2.34. The number of hydrogen-bond donors (Lipinski definition) is 1. The van der Waals surface area contributed by atoms with Crippen molar-refractivity contribution in [3.63, 3.8) is 0 Å². The highest BCUT2D eigenvalue weighted by Crippen LogP contribution is 2.17. The molecule has 0 fully saturated rings. The van der Waals surface area contributed by atoms with E-state index in [4.69, 9.17) is 4.74 Å². The van der Waals surface area contributed by atoms with Crippen molar-refractivity contribution in [2.75, 3.05) is 39.1 Å². The van der Waals surface area contributed by atoms with Gasteiger partial charge in [-0.2, -0.15) is 4.98 Å². The second-order valence-electron chi connectivity index (χ2n) is 5.82. The number of aromatic nitrogens is 2. The van der Waals surface area contributed by atoms with Crippen LogP contribution in [-0.2, 0) is 0 Å². The molecule has 0 aromatic carbocycles. The van der Waals surface area contributed by atoms with Crippen LogP contribution in [0.2, 0.25) is 0 Å². The largest absolute Gasteiger partial charge is 0.478 e. The van der Waals surface area contributed by atoms with Crippen LogP contribution in [0.5, 0.6) is 5.88 Å². The summed E-state index contributed by atoms with van der Waals surface area (Å²) < 4.78 is 5.49. The SMILES string of the molecule is CCCOc1ccnc(NCC(C)(C)CN(C)C)n1. The fourth-order valence-electron chi connectivity index (χ4n) is 1.94. The third kappa shape index (κ3) is 6.38. The molecule has 1 N–H and O–H groups in total. The molecule has 0 amide bonds. The summed E-state index contributed by atoms with van der Waals surface area (Å²) >= 11 is 0. The molecule has 5 nitrogen and oxygen atoms in total. The van der Waals surface area contributed by atoms with Gasteiger partial charge in [0.25, 0.3) is 0 Å². The van der Waals surface area contributed by atoms with Gasteiger partial charge in [0.1, 0.15) is 0 Å². The van der Waals surface area contributed by atoms with E-state index >= 15 is 0 Å². The van der Waals surface area contributed by atoms with Crippen LogP contribution in [0, 0.1) is 5.41 Å². The Morgan fingerprint density at radius 2 is 2.11 bits per heavy atom. The maximum Gasteiger partial charge on any atom is 0.225 e. The molecule has 19 heavy (non-hydrogen) atoms. The van der Waals surface area contributed by atoms with Gasteiger partial charge >= 0.3 is 0 Å². The van der Waals surface area contributed by atoms with Gasteiger partial charge in [0, 0.05) is 25.4 Å². The van der Waals surface area contributed by atoms with Crippen LogP contribution in [0.1, 0.15) is 27.2 Å². The lowest BCUT2D eigenvalue weighted by Gasteiger charge is -2.28. The third-order valence-corrected chi connectivity index (χ3v) is 2.55. The van der Waals surface area contributed by atoms with E-state index in [0.29, 0.717) is 18.4 Å². The van der Waals surface area contributed by atoms with Crippen LogP contribution in [0.15, 0.2) is 12.3 Å². The van der Waals surface area contributed by atoms with Crippen molar-refractivity contribution in [1.29, 1.82) is 0 Å². The number of hydrogen-bond acceptors (Lipinski definition) is 5. The Morgan fingerprint density at radius 3 is 2.74 bits per heavy atom. The van der Waals surface area contributed by atoms with Gasteiger partial charge in [-0.1, -0.05) is 20.8 Å². The van der Waals surface area contributed by atoms with Crippen LogP contribution >= 0.6 is 0 Å². The highest BCUT2D eigenvalue weighted by Gasteiger charge is 2.19. The van der Waals surface area contributed by atoms with Gasteiger partial charge in [0.05, 0.1) is 6.61 Å². The van der Waals surface area contributed by atoms with Crippen molar-refractivity contribution in [2.24, 2.45) is 5.41 Å². The average Bonchev–Trinajstić information content (AvgIpc) is 2.33. The molecular weight excluding hydrogens is 240 g/mol. The molecule has 0 saturated carbocycles. The molecule has 0 aliphatic carbocycles. The lowest BCUT2D eigenvalue weighted by molar-refractivity contribution is 0.253. The minimum Gasteiger partial charge on any atom is -0.478 e. The first kappa shape index (κ1) is 15.7. The van der Waals surface area contributed by atoms with Gasteiger partial charge in [-0.3, -0.25) is 0 Å². The molecule has 1 aromatic rings. The van der Waals surface area contributed by atoms with E-state index in [2.05, 4.69) is 55.1 Å². The molecule has 1 rings (SSSR count). The minimum atomic E-state index is 0.160. The van der Waals surface area contributed by atoms with E-state index in [9.17, 15) is 0 Å². The maximum absolute atomic E-state index is 5.49. The highest BCUT2D eigenvalue weighted by atomic mass is 16.5.